The largest absolute Gasteiger partial charge is 0.336 e. The van der Waals surface area contributed by atoms with Gasteiger partial charge in [0.1, 0.15) is 0 Å². The molecule has 1 fully saturated rings. The van der Waals surface area contributed by atoms with Crippen LogP contribution in [0.25, 0.3) is 0 Å². The first-order valence-electron chi connectivity index (χ1n) is 8.80. The molecule has 0 bridgehead atoms. The highest BCUT2D eigenvalue weighted by Crippen LogP contribution is 2.26. The van der Waals surface area contributed by atoms with Crippen molar-refractivity contribution < 1.29 is 13.2 Å². The number of halogens is 1. The summed E-state index contributed by atoms with van der Waals surface area (Å²) >= 11 is 6.25. The van der Waals surface area contributed by atoms with Gasteiger partial charge in [0.25, 0.3) is 15.9 Å². The first-order valence-corrected chi connectivity index (χ1v) is 10.7. The van der Waals surface area contributed by atoms with Crippen LogP contribution < -0.4 is 4.72 Å². The van der Waals surface area contributed by atoms with E-state index in [9.17, 15) is 13.2 Å². The lowest BCUT2D eigenvalue weighted by atomic mass is 10.1. The van der Waals surface area contributed by atoms with Crippen LogP contribution in [0.3, 0.4) is 0 Å². The second-order valence-corrected chi connectivity index (χ2v) is 8.43. The molecule has 1 saturated heterocycles. The van der Waals surface area contributed by atoms with Crippen molar-refractivity contribution in [2.75, 3.05) is 37.4 Å². The Balaban J connectivity index is 1.73. The smallest absolute Gasteiger partial charge is 0.261 e. The van der Waals surface area contributed by atoms with E-state index in [1.54, 1.807) is 29.2 Å². The van der Waals surface area contributed by atoms with Crippen LogP contribution in [0.2, 0.25) is 5.02 Å². The van der Waals surface area contributed by atoms with Gasteiger partial charge in [0.05, 0.1) is 15.6 Å². The lowest BCUT2D eigenvalue weighted by Gasteiger charge is -2.34. The molecule has 8 heteroatoms. The van der Waals surface area contributed by atoms with Crippen molar-refractivity contribution in [2.45, 2.75) is 11.8 Å². The summed E-state index contributed by atoms with van der Waals surface area (Å²) in [5.41, 5.74) is 0.695. The molecule has 3 rings (SSSR count). The summed E-state index contributed by atoms with van der Waals surface area (Å²) in [6, 6.07) is 12.7. The van der Waals surface area contributed by atoms with Gasteiger partial charge in [-0.15, -0.1) is 0 Å². The SMILES string of the molecule is CCN1CCN(C(=O)c2ccc(NS(=O)(=O)c3ccccc3)c(Cl)c2)CC1. The molecule has 0 radical (unpaired) electrons. The summed E-state index contributed by atoms with van der Waals surface area (Å²) in [4.78, 5) is 16.9. The number of benzene rings is 2. The summed E-state index contributed by atoms with van der Waals surface area (Å²) in [7, 11) is -3.73. The minimum absolute atomic E-state index is 0.0925. The summed E-state index contributed by atoms with van der Waals surface area (Å²) < 4.78 is 27.3. The van der Waals surface area contributed by atoms with Crippen LogP contribution in [0.5, 0.6) is 0 Å². The van der Waals surface area contributed by atoms with Gasteiger partial charge in [-0.2, -0.15) is 0 Å². The average molecular weight is 408 g/mol. The fourth-order valence-corrected chi connectivity index (χ4v) is 4.37. The number of anilines is 1. The zero-order valence-electron chi connectivity index (χ0n) is 15.1. The third-order valence-corrected chi connectivity index (χ3v) is 6.31. The number of carbonyl (C=O) groups is 1. The maximum atomic E-state index is 12.7. The van der Waals surface area contributed by atoms with Gasteiger partial charge in [-0.05, 0) is 36.9 Å². The standard InChI is InChI=1S/C19H22ClN3O3S/c1-2-22-10-12-23(13-11-22)19(24)15-8-9-18(17(20)14-15)21-27(25,26)16-6-4-3-5-7-16/h3-9,14,21H,2,10-13H2,1H3. The molecule has 2 aromatic rings. The highest BCUT2D eigenvalue weighted by atomic mass is 35.5. The van der Waals surface area contributed by atoms with Crippen molar-refractivity contribution >= 4 is 33.2 Å². The van der Waals surface area contributed by atoms with E-state index >= 15 is 0 Å². The molecule has 1 aliphatic rings. The van der Waals surface area contributed by atoms with Crippen LogP contribution in [0.4, 0.5) is 5.69 Å². The van der Waals surface area contributed by atoms with Crippen molar-refractivity contribution in [2.24, 2.45) is 0 Å². The molecular weight excluding hydrogens is 386 g/mol. The molecule has 144 valence electrons. The van der Waals surface area contributed by atoms with E-state index in [1.807, 2.05) is 0 Å². The second-order valence-electron chi connectivity index (χ2n) is 6.34. The van der Waals surface area contributed by atoms with Crippen molar-refractivity contribution in [3.63, 3.8) is 0 Å². The van der Waals surface area contributed by atoms with Gasteiger partial charge in [-0.3, -0.25) is 9.52 Å². The van der Waals surface area contributed by atoms with Crippen molar-refractivity contribution in [3.05, 3.63) is 59.1 Å². The number of rotatable bonds is 5. The quantitative estimate of drug-likeness (QED) is 0.827. The lowest BCUT2D eigenvalue weighted by Crippen LogP contribution is -2.48. The Labute approximate surface area is 164 Å². The van der Waals surface area contributed by atoms with Gasteiger partial charge in [0, 0.05) is 31.7 Å². The van der Waals surface area contributed by atoms with E-state index in [1.165, 1.54) is 24.3 Å². The topological polar surface area (TPSA) is 69.7 Å². The highest BCUT2D eigenvalue weighted by Gasteiger charge is 2.22. The first-order chi connectivity index (χ1) is 12.9. The van der Waals surface area contributed by atoms with Gasteiger partial charge in [-0.1, -0.05) is 36.7 Å². The number of carbonyl (C=O) groups excluding carboxylic acids is 1. The fourth-order valence-electron chi connectivity index (χ4n) is 2.98. The van der Waals surface area contributed by atoms with Crippen molar-refractivity contribution in [1.29, 1.82) is 0 Å². The van der Waals surface area contributed by atoms with Crippen molar-refractivity contribution in [1.82, 2.24) is 9.80 Å². The molecule has 1 aliphatic heterocycles. The highest BCUT2D eigenvalue weighted by molar-refractivity contribution is 7.92. The maximum absolute atomic E-state index is 12.7. The van der Waals surface area contributed by atoms with Gasteiger partial charge in [0.2, 0.25) is 0 Å². The zero-order valence-corrected chi connectivity index (χ0v) is 16.6. The molecule has 0 aromatic heterocycles. The summed E-state index contributed by atoms with van der Waals surface area (Å²) in [5.74, 6) is -0.0925. The van der Waals surface area contributed by atoms with Gasteiger partial charge < -0.3 is 9.80 Å². The van der Waals surface area contributed by atoms with E-state index < -0.39 is 10.0 Å². The van der Waals surface area contributed by atoms with E-state index in [-0.39, 0.29) is 21.5 Å². The van der Waals surface area contributed by atoms with Crippen LogP contribution >= 0.6 is 11.6 Å². The maximum Gasteiger partial charge on any atom is 0.261 e. The molecule has 0 spiro atoms. The molecule has 6 nitrogen and oxygen atoms in total. The Hall–Kier alpha value is -2.09. The number of piperazine rings is 1. The molecule has 0 aliphatic carbocycles. The molecule has 1 amide bonds. The zero-order chi connectivity index (χ0) is 19.4. The third kappa shape index (κ3) is 4.61. The lowest BCUT2D eigenvalue weighted by molar-refractivity contribution is 0.0643. The molecule has 1 heterocycles. The number of nitrogens with one attached hydrogen (secondary N) is 1. The van der Waals surface area contributed by atoms with E-state index in [2.05, 4.69) is 16.5 Å². The van der Waals surface area contributed by atoms with Crippen LogP contribution in [-0.2, 0) is 10.0 Å². The molecule has 2 aromatic carbocycles. The molecular formula is C19H22ClN3O3S. The molecule has 27 heavy (non-hydrogen) atoms. The van der Waals surface area contributed by atoms with Crippen LogP contribution in [0, 0.1) is 0 Å². The minimum Gasteiger partial charge on any atom is -0.336 e. The van der Waals surface area contributed by atoms with Gasteiger partial charge >= 0.3 is 0 Å². The number of sulfonamides is 1. The molecule has 0 unspecified atom stereocenters. The molecule has 1 N–H and O–H groups in total. The number of hydrogen-bond donors (Lipinski definition) is 1. The Kier molecular flexibility index (Phi) is 6.04. The Bertz CT molecular complexity index is 911. The normalized spacial score (nSPS) is 15.6. The Morgan fingerprint density at radius 1 is 1.07 bits per heavy atom. The number of hydrogen-bond acceptors (Lipinski definition) is 4. The second kappa shape index (κ2) is 8.29. The van der Waals surface area contributed by atoms with Crippen molar-refractivity contribution in [3.8, 4) is 0 Å². The predicted octanol–water partition coefficient (Wildman–Crippen LogP) is 2.92. The number of amides is 1. The summed E-state index contributed by atoms with van der Waals surface area (Å²) in [5, 5.41) is 0.188. The third-order valence-electron chi connectivity index (χ3n) is 4.62. The van der Waals surface area contributed by atoms with E-state index in [0.717, 1.165) is 19.6 Å². The molecule has 0 saturated carbocycles. The molecule has 0 atom stereocenters. The summed E-state index contributed by atoms with van der Waals surface area (Å²) in [6.45, 7) is 6.13. The van der Waals surface area contributed by atoms with Crippen LogP contribution in [0.15, 0.2) is 53.4 Å². The number of nitrogens with zero attached hydrogens (tertiary/aromatic N) is 2. The first kappa shape index (κ1) is 19.7. The average Bonchev–Trinajstić information content (AvgIpc) is 2.69. The van der Waals surface area contributed by atoms with Crippen LogP contribution in [-0.4, -0.2) is 56.8 Å². The van der Waals surface area contributed by atoms with E-state index in [4.69, 9.17) is 11.6 Å². The Morgan fingerprint density at radius 3 is 2.33 bits per heavy atom. The van der Waals surface area contributed by atoms with Gasteiger partial charge in [-0.25, -0.2) is 8.42 Å². The monoisotopic (exact) mass is 407 g/mol. The predicted molar refractivity (Wildman–Crippen MR) is 107 cm³/mol. The van der Waals surface area contributed by atoms with Crippen LogP contribution in [0.1, 0.15) is 17.3 Å². The Morgan fingerprint density at radius 2 is 1.74 bits per heavy atom. The summed E-state index contributed by atoms with van der Waals surface area (Å²) in [6.07, 6.45) is 0. The fraction of sp³-hybridized carbons (Fsp3) is 0.316. The number of likely N-dealkylation sites (N-methyl/N-ethyl adjacent to an activating group) is 1. The van der Waals surface area contributed by atoms with E-state index in [0.29, 0.717) is 18.7 Å². The minimum atomic E-state index is -3.73. The van der Waals surface area contributed by atoms with Gasteiger partial charge in [0.15, 0.2) is 0 Å².